The minimum atomic E-state index is -0.529. The average molecular weight is 516 g/mol. The molecule has 8 nitrogen and oxygen atoms in total. The summed E-state index contributed by atoms with van der Waals surface area (Å²) in [4.78, 5) is 40.3. The monoisotopic (exact) mass is 515 g/mol. The van der Waals surface area contributed by atoms with Crippen molar-refractivity contribution in [3.63, 3.8) is 0 Å². The lowest BCUT2D eigenvalue weighted by atomic mass is 10.1. The van der Waals surface area contributed by atoms with Crippen LogP contribution in [0.25, 0.3) is 0 Å². The van der Waals surface area contributed by atoms with Crippen LogP contribution in [-0.2, 0) is 16.1 Å². The smallest absolute Gasteiger partial charge is 0.253 e. The Morgan fingerprint density at radius 3 is 2.32 bits per heavy atom. The van der Waals surface area contributed by atoms with Gasteiger partial charge in [0.1, 0.15) is 11.5 Å². The predicted octanol–water partition coefficient (Wildman–Crippen LogP) is 4.80. The lowest BCUT2D eigenvalue weighted by Gasteiger charge is -2.18. The normalized spacial score (nSPS) is 14.7. The van der Waals surface area contributed by atoms with E-state index in [1.165, 1.54) is 0 Å². The Balaban J connectivity index is 1.36. The Kier molecular flexibility index (Phi) is 8.98. The average Bonchev–Trinajstić information content (AvgIpc) is 3.33. The van der Waals surface area contributed by atoms with Crippen LogP contribution in [0.15, 0.2) is 72.8 Å². The zero-order valence-corrected chi connectivity index (χ0v) is 21.7. The summed E-state index contributed by atoms with van der Waals surface area (Å²) >= 11 is 0. The molecule has 3 aromatic rings. The van der Waals surface area contributed by atoms with Crippen molar-refractivity contribution in [2.75, 3.05) is 30.0 Å². The van der Waals surface area contributed by atoms with E-state index in [2.05, 4.69) is 10.6 Å². The summed E-state index contributed by atoms with van der Waals surface area (Å²) in [5.41, 5.74) is 2.42. The Labute approximate surface area is 222 Å². The van der Waals surface area contributed by atoms with Gasteiger partial charge in [0.2, 0.25) is 11.8 Å². The van der Waals surface area contributed by atoms with E-state index in [9.17, 15) is 14.4 Å². The second-order valence-electron chi connectivity index (χ2n) is 9.04. The molecule has 3 aromatic carbocycles. The van der Waals surface area contributed by atoms with E-state index in [-0.39, 0.29) is 30.7 Å². The Morgan fingerprint density at radius 1 is 0.921 bits per heavy atom. The van der Waals surface area contributed by atoms with Crippen molar-refractivity contribution >= 4 is 29.1 Å². The van der Waals surface area contributed by atoms with Gasteiger partial charge in [-0.2, -0.15) is 0 Å². The van der Waals surface area contributed by atoms with E-state index in [1.807, 2.05) is 62.4 Å². The minimum Gasteiger partial charge on any atom is -0.494 e. The number of rotatable bonds is 11. The molecule has 0 bridgehead atoms. The summed E-state index contributed by atoms with van der Waals surface area (Å²) < 4.78 is 11.1. The fourth-order valence-electron chi connectivity index (χ4n) is 4.25. The van der Waals surface area contributed by atoms with Gasteiger partial charge in [-0.05, 0) is 67.4 Å². The summed E-state index contributed by atoms with van der Waals surface area (Å²) in [6.07, 6.45) is 1.02. The van der Waals surface area contributed by atoms with Gasteiger partial charge in [-0.15, -0.1) is 0 Å². The first-order valence-electron chi connectivity index (χ1n) is 12.9. The van der Waals surface area contributed by atoms with Gasteiger partial charge < -0.3 is 25.0 Å². The number of hydrogen-bond donors (Lipinski definition) is 2. The molecule has 1 atom stereocenters. The van der Waals surface area contributed by atoms with E-state index in [1.54, 1.807) is 29.2 Å². The molecule has 3 amide bonds. The van der Waals surface area contributed by atoms with E-state index in [4.69, 9.17) is 9.47 Å². The number of ether oxygens (including phenoxy) is 2. The molecule has 8 heteroatoms. The van der Waals surface area contributed by atoms with Crippen molar-refractivity contribution in [1.29, 1.82) is 0 Å². The molecule has 0 saturated carbocycles. The van der Waals surface area contributed by atoms with Gasteiger partial charge in [0.05, 0.1) is 30.4 Å². The van der Waals surface area contributed by atoms with Crippen LogP contribution in [0, 0.1) is 5.92 Å². The van der Waals surface area contributed by atoms with Crippen LogP contribution in [-0.4, -0.2) is 37.5 Å². The van der Waals surface area contributed by atoms with Crippen LogP contribution in [0.1, 0.15) is 42.6 Å². The van der Waals surface area contributed by atoms with Gasteiger partial charge in [0.15, 0.2) is 0 Å². The third-order valence-electron chi connectivity index (χ3n) is 6.23. The van der Waals surface area contributed by atoms with Gasteiger partial charge >= 0.3 is 0 Å². The van der Waals surface area contributed by atoms with Crippen LogP contribution >= 0.6 is 0 Å². The number of anilines is 2. The highest BCUT2D eigenvalue weighted by Crippen LogP contribution is 2.28. The van der Waals surface area contributed by atoms with Crippen LogP contribution in [0.3, 0.4) is 0 Å². The van der Waals surface area contributed by atoms with Crippen LogP contribution < -0.4 is 25.0 Å². The quantitative estimate of drug-likeness (QED) is 0.383. The first kappa shape index (κ1) is 26.7. The van der Waals surface area contributed by atoms with Crippen molar-refractivity contribution in [3.8, 4) is 11.5 Å². The molecule has 0 unspecified atom stereocenters. The molecule has 0 spiro atoms. The molecule has 1 fully saturated rings. The van der Waals surface area contributed by atoms with Crippen molar-refractivity contribution in [1.82, 2.24) is 5.32 Å². The summed E-state index contributed by atoms with van der Waals surface area (Å²) in [5, 5.41) is 5.76. The molecule has 1 saturated heterocycles. The van der Waals surface area contributed by atoms with E-state index < -0.39 is 5.92 Å². The van der Waals surface area contributed by atoms with E-state index >= 15 is 0 Å². The lowest BCUT2D eigenvalue weighted by Crippen LogP contribution is -2.29. The van der Waals surface area contributed by atoms with E-state index in [0.29, 0.717) is 31.0 Å². The lowest BCUT2D eigenvalue weighted by molar-refractivity contribution is -0.122. The number of nitrogens with zero attached hydrogens (tertiary/aromatic N) is 1. The maximum absolute atomic E-state index is 13.1. The number of nitrogens with one attached hydrogen (secondary N) is 2. The Morgan fingerprint density at radius 2 is 1.61 bits per heavy atom. The molecule has 38 heavy (non-hydrogen) atoms. The predicted molar refractivity (Wildman–Crippen MR) is 147 cm³/mol. The fourth-order valence-corrected chi connectivity index (χ4v) is 4.25. The molecule has 198 valence electrons. The van der Waals surface area contributed by atoms with Crippen molar-refractivity contribution in [2.45, 2.75) is 33.2 Å². The summed E-state index contributed by atoms with van der Waals surface area (Å²) in [6, 6.07) is 21.7. The zero-order chi connectivity index (χ0) is 26.9. The second-order valence-corrected chi connectivity index (χ2v) is 9.04. The third kappa shape index (κ3) is 6.70. The standard InChI is InChI=1S/C30H33N3O5/c1-3-17-38-25-15-11-23(12-16-25)33-20-22(18-28(33)34)29(35)32-27-8-6-5-7-26(27)30(36)31-19-21-9-13-24(14-10-21)37-4-2/h5-16,22H,3-4,17-20H2,1-2H3,(H,31,36)(H,32,35)/t22-/m1/s1. The van der Waals surface area contributed by atoms with Gasteiger partial charge in [0.25, 0.3) is 5.91 Å². The highest BCUT2D eigenvalue weighted by molar-refractivity contribution is 6.07. The molecule has 0 radical (unpaired) electrons. The molecular formula is C30H33N3O5. The molecule has 4 rings (SSSR count). The third-order valence-corrected chi connectivity index (χ3v) is 6.23. The van der Waals surface area contributed by atoms with Gasteiger partial charge in [0, 0.05) is 25.2 Å². The minimum absolute atomic E-state index is 0.103. The summed E-state index contributed by atoms with van der Waals surface area (Å²) in [5.74, 6) is 0.276. The summed E-state index contributed by atoms with van der Waals surface area (Å²) in [7, 11) is 0. The van der Waals surface area contributed by atoms with Gasteiger partial charge in [-0.1, -0.05) is 31.2 Å². The SMILES string of the molecule is CCCOc1ccc(N2C[C@H](C(=O)Nc3ccccc3C(=O)NCc3ccc(OCC)cc3)CC2=O)cc1. The number of amides is 3. The van der Waals surface area contributed by atoms with Gasteiger partial charge in [-0.25, -0.2) is 0 Å². The Hall–Kier alpha value is -4.33. The van der Waals surface area contributed by atoms with Crippen molar-refractivity contribution in [3.05, 3.63) is 83.9 Å². The van der Waals surface area contributed by atoms with E-state index in [0.717, 1.165) is 29.2 Å². The molecule has 0 aromatic heterocycles. The topological polar surface area (TPSA) is 97.0 Å². The number of carbonyl (C=O) groups excluding carboxylic acids is 3. The fraction of sp³-hybridized carbons (Fsp3) is 0.300. The Bertz CT molecular complexity index is 1260. The molecule has 1 aliphatic rings. The first-order valence-corrected chi connectivity index (χ1v) is 12.9. The molecule has 2 N–H and O–H groups in total. The number of benzene rings is 3. The van der Waals surface area contributed by atoms with Crippen molar-refractivity contribution < 1.29 is 23.9 Å². The maximum atomic E-state index is 13.1. The first-order chi connectivity index (χ1) is 18.5. The molecule has 1 heterocycles. The highest BCUT2D eigenvalue weighted by Gasteiger charge is 2.35. The summed E-state index contributed by atoms with van der Waals surface area (Å²) in [6.45, 7) is 5.79. The molecular weight excluding hydrogens is 482 g/mol. The van der Waals surface area contributed by atoms with Crippen LogP contribution in [0.5, 0.6) is 11.5 Å². The largest absolute Gasteiger partial charge is 0.494 e. The molecule has 1 aliphatic heterocycles. The maximum Gasteiger partial charge on any atom is 0.253 e. The van der Waals surface area contributed by atoms with Crippen LogP contribution in [0.4, 0.5) is 11.4 Å². The van der Waals surface area contributed by atoms with Gasteiger partial charge in [-0.3, -0.25) is 14.4 Å². The second kappa shape index (κ2) is 12.8. The number of carbonyl (C=O) groups is 3. The number of hydrogen-bond acceptors (Lipinski definition) is 5. The van der Waals surface area contributed by atoms with Crippen molar-refractivity contribution in [2.24, 2.45) is 5.92 Å². The molecule has 0 aliphatic carbocycles. The van der Waals surface area contributed by atoms with Crippen LogP contribution in [0.2, 0.25) is 0 Å². The zero-order valence-electron chi connectivity index (χ0n) is 21.7. The highest BCUT2D eigenvalue weighted by atomic mass is 16.5. The number of para-hydroxylation sites is 1.